The summed E-state index contributed by atoms with van der Waals surface area (Å²) in [5, 5.41) is 5.90. The Balaban J connectivity index is 1.72. The number of nitrogens with one attached hydrogen (secondary N) is 2. The number of aromatic nitrogens is 2. The van der Waals surface area contributed by atoms with Gasteiger partial charge in [0.15, 0.2) is 5.82 Å². The molecule has 29 heavy (non-hydrogen) atoms. The van der Waals surface area contributed by atoms with E-state index in [4.69, 9.17) is 6.57 Å². The Morgan fingerprint density at radius 2 is 2.07 bits per heavy atom. The molecule has 2 N–H and O–H groups in total. The topological polar surface area (TPSA) is 57.4 Å². The molecule has 2 aliphatic heterocycles. The number of piperazine rings is 1. The monoisotopic (exact) mass is 407 g/mol. The third-order valence-electron chi connectivity index (χ3n) is 5.34. The normalized spacial score (nSPS) is 21.8. The molecule has 6 nitrogen and oxygen atoms in total. The van der Waals surface area contributed by atoms with Gasteiger partial charge in [-0.25, -0.2) is 19.3 Å². The lowest BCUT2D eigenvalue weighted by Crippen LogP contribution is -2.60. The molecular weight excluding hydrogens is 388 g/mol. The average molecular weight is 407 g/mol. The molecular formula is C19H19F4N6+. The molecule has 0 unspecified atom stereocenters. The fraction of sp³-hybridized carbons (Fsp3) is 0.421. The van der Waals surface area contributed by atoms with Gasteiger partial charge in [0, 0.05) is 37.0 Å². The van der Waals surface area contributed by atoms with Gasteiger partial charge in [-0.05, 0) is 25.5 Å². The van der Waals surface area contributed by atoms with Crippen molar-refractivity contribution in [2.45, 2.75) is 25.2 Å². The number of hydrogen-bond donors (Lipinski definition) is 2. The van der Waals surface area contributed by atoms with Crippen LogP contribution in [0.25, 0.3) is 4.85 Å². The molecule has 152 valence electrons. The molecule has 2 aliphatic rings. The van der Waals surface area contributed by atoms with Crippen molar-refractivity contribution in [2.24, 2.45) is 0 Å². The van der Waals surface area contributed by atoms with Gasteiger partial charge in [-0.3, -0.25) is 0 Å². The number of benzene rings is 1. The number of nitrogens with zero attached hydrogens (tertiary/aromatic N) is 4. The fourth-order valence-corrected chi connectivity index (χ4v) is 4.01. The van der Waals surface area contributed by atoms with E-state index in [-0.39, 0.29) is 17.2 Å². The molecule has 10 heteroatoms. The molecule has 0 radical (unpaired) electrons. The van der Waals surface area contributed by atoms with Gasteiger partial charge in [0.2, 0.25) is 5.82 Å². The van der Waals surface area contributed by atoms with E-state index in [1.54, 1.807) is 6.07 Å². The first-order chi connectivity index (χ1) is 13.7. The molecule has 0 bridgehead atoms. The summed E-state index contributed by atoms with van der Waals surface area (Å²) in [7, 11) is 0. The minimum atomic E-state index is -4.69. The Morgan fingerprint density at radius 3 is 2.79 bits per heavy atom. The number of alkyl halides is 3. The second-order valence-electron chi connectivity index (χ2n) is 7.15. The molecule has 1 aromatic heterocycles. The standard InChI is InChI=1S/C19H19F4N6/c1-11-9-15(28-17(26-11)19(21,22)23)27-14-4-3-13-12(16(14)20)5-7-29-8-6-25-10-18(13,29)24-2/h2-4,9,25H,5-8,10H2,1H3,(H,26,27,28)/q+1/t18-/m0/s1. The van der Waals surface area contributed by atoms with Crippen molar-refractivity contribution >= 4 is 11.5 Å². The summed E-state index contributed by atoms with van der Waals surface area (Å²) in [5.74, 6) is -1.94. The van der Waals surface area contributed by atoms with Crippen molar-refractivity contribution in [3.63, 3.8) is 0 Å². The molecule has 0 spiro atoms. The van der Waals surface area contributed by atoms with Crippen LogP contribution in [-0.4, -0.2) is 41.0 Å². The molecule has 0 saturated carbocycles. The van der Waals surface area contributed by atoms with Crippen LogP contribution in [-0.2, 0) is 18.3 Å². The summed E-state index contributed by atoms with van der Waals surface area (Å²) in [5.41, 5.74) is 0.430. The van der Waals surface area contributed by atoms with Crippen LogP contribution in [0.2, 0.25) is 0 Å². The zero-order chi connectivity index (χ0) is 20.8. The van der Waals surface area contributed by atoms with Crippen LogP contribution < -0.4 is 10.6 Å². The summed E-state index contributed by atoms with van der Waals surface area (Å²) in [6.07, 6.45) is -4.24. The maximum Gasteiger partial charge on any atom is 0.451 e. The minimum Gasteiger partial charge on any atom is -0.338 e. The van der Waals surface area contributed by atoms with E-state index in [1.165, 1.54) is 19.1 Å². The van der Waals surface area contributed by atoms with Crippen molar-refractivity contribution in [1.82, 2.24) is 20.2 Å². The molecule has 1 saturated heterocycles. The molecule has 3 heterocycles. The lowest BCUT2D eigenvalue weighted by atomic mass is 9.85. The van der Waals surface area contributed by atoms with E-state index in [0.29, 0.717) is 30.6 Å². The van der Waals surface area contributed by atoms with Crippen molar-refractivity contribution in [3.8, 4) is 6.57 Å². The highest BCUT2D eigenvalue weighted by Gasteiger charge is 2.54. The van der Waals surface area contributed by atoms with Gasteiger partial charge in [0.05, 0.1) is 17.8 Å². The van der Waals surface area contributed by atoms with Gasteiger partial charge in [-0.2, -0.15) is 13.2 Å². The first-order valence-corrected chi connectivity index (χ1v) is 9.14. The summed E-state index contributed by atoms with van der Waals surface area (Å²) in [4.78, 5) is 13.1. The maximum atomic E-state index is 15.3. The highest BCUT2D eigenvalue weighted by atomic mass is 19.4. The Bertz CT molecular complexity index is 999. The predicted molar refractivity (Wildman–Crippen MR) is 99.6 cm³/mol. The molecule has 1 atom stereocenters. The van der Waals surface area contributed by atoms with Gasteiger partial charge >= 0.3 is 11.8 Å². The number of aryl methyl sites for hydroxylation is 1. The van der Waals surface area contributed by atoms with Gasteiger partial charge < -0.3 is 10.6 Å². The van der Waals surface area contributed by atoms with E-state index in [0.717, 1.165) is 13.1 Å². The second kappa shape index (κ2) is 6.93. The molecule has 2 aromatic rings. The van der Waals surface area contributed by atoms with Crippen LogP contribution in [0.1, 0.15) is 22.6 Å². The Morgan fingerprint density at radius 1 is 1.28 bits per heavy atom. The molecule has 0 amide bonds. The van der Waals surface area contributed by atoms with Crippen LogP contribution in [0, 0.1) is 19.3 Å². The summed E-state index contributed by atoms with van der Waals surface area (Å²) in [6, 6.07) is 4.52. The molecule has 1 aromatic carbocycles. The van der Waals surface area contributed by atoms with Crippen LogP contribution >= 0.6 is 0 Å². The van der Waals surface area contributed by atoms with Gasteiger partial charge in [0.25, 0.3) is 6.57 Å². The van der Waals surface area contributed by atoms with Crippen LogP contribution in [0.4, 0.5) is 29.1 Å². The molecule has 1 fully saturated rings. The Hall–Kier alpha value is -2.77. The summed E-state index contributed by atoms with van der Waals surface area (Å²) >= 11 is 0. The van der Waals surface area contributed by atoms with Crippen LogP contribution in [0.5, 0.6) is 0 Å². The van der Waals surface area contributed by atoms with Crippen molar-refractivity contribution in [3.05, 3.63) is 51.5 Å². The predicted octanol–water partition coefficient (Wildman–Crippen LogP) is 3.26. The van der Waals surface area contributed by atoms with Gasteiger partial charge in [-0.15, -0.1) is 0 Å². The summed E-state index contributed by atoms with van der Waals surface area (Å²) < 4.78 is 54.2. The summed E-state index contributed by atoms with van der Waals surface area (Å²) in [6.45, 7) is 9.73. The first-order valence-electron chi connectivity index (χ1n) is 9.14. The first kappa shape index (κ1) is 19.5. The highest BCUT2D eigenvalue weighted by molar-refractivity contribution is 5.61. The Kier molecular flexibility index (Phi) is 4.67. The quantitative estimate of drug-likeness (QED) is 0.749. The van der Waals surface area contributed by atoms with Gasteiger partial charge in [-0.1, -0.05) is 4.85 Å². The number of rotatable bonds is 2. The van der Waals surface area contributed by atoms with E-state index < -0.39 is 23.5 Å². The number of anilines is 2. The lowest BCUT2D eigenvalue weighted by Gasteiger charge is -2.40. The second-order valence-corrected chi connectivity index (χ2v) is 7.15. The van der Waals surface area contributed by atoms with Crippen LogP contribution in [0.3, 0.4) is 0 Å². The van der Waals surface area contributed by atoms with Crippen molar-refractivity contribution in [2.75, 3.05) is 31.5 Å². The number of fused-ring (bicyclic) bond motifs is 3. The zero-order valence-corrected chi connectivity index (χ0v) is 15.6. The van der Waals surface area contributed by atoms with Crippen molar-refractivity contribution < 1.29 is 17.6 Å². The largest absolute Gasteiger partial charge is 0.451 e. The van der Waals surface area contributed by atoms with E-state index in [9.17, 15) is 13.2 Å². The third kappa shape index (κ3) is 3.30. The Labute approximate surface area is 164 Å². The number of hydrogen-bond acceptors (Lipinski definition) is 5. The smallest absolute Gasteiger partial charge is 0.338 e. The molecule has 4 rings (SSSR count). The minimum absolute atomic E-state index is 0.0411. The SMILES string of the molecule is C#[N+][C@@]12CNCCN1CCc1c2ccc(Nc2cc(C)nc(C(F)(F)F)n2)c1F. The van der Waals surface area contributed by atoms with E-state index >= 15 is 4.39 Å². The maximum absolute atomic E-state index is 15.3. The van der Waals surface area contributed by atoms with Crippen LogP contribution in [0.15, 0.2) is 18.2 Å². The number of halogens is 4. The lowest BCUT2D eigenvalue weighted by molar-refractivity contribution is -0.145. The average Bonchev–Trinajstić information content (AvgIpc) is 2.68. The van der Waals surface area contributed by atoms with Gasteiger partial charge in [0.1, 0.15) is 5.82 Å². The fourth-order valence-electron chi connectivity index (χ4n) is 4.01. The van der Waals surface area contributed by atoms with E-state index in [2.05, 4.69) is 30.3 Å². The highest BCUT2D eigenvalue weighted by Crippen LogP contribution is 2.40. The zero-order valence-electron chi connectivity index (χ0n) is 15.6. The third-order valence-corrected chi connectivity index (χ3v) is 5.34. The van der Waals surface area contributed by atoms with E-state index in [1.807, 2.05) is 0 Å². The van der Waals surface area contributed by atoms with Crippen molar-refractivity contribution in [1.29, 1.82) is 0 Å². The molecule has 0 aliphatic carbocycles.